The Balaban J connectivity index is 1.80. The summed E-state index contributed by atoms with van der Waals surface area (Å²) in [6, 6.07) is 11.4. The van der Waals surface area contributed by atoms with Crippen LogP contribution in [0.1, 0.15) is 11.1 Å². The maximum absolute atomic E-state index is 12.0. The largest absolute Gasteiger partial charge is 0.493 e. The van der Waals surface area contributed by atoms with Crippen LogP contribution in [0.25, 0.3) is 0 Å². The molecule has 0 saturated heterocycles. The molecule has 0 saturated carbocycles. The van der Waals surface area contributed by atoms with Crippen molar-refractivity contribution in [2.24, 2.45) is 0 Å². The van der Waals surface area contributed by atoms with Crippen LogP contribution in [0.5, 0.6) is 23.0 Å². The van der Waals surface area contributed by atoms with E-state index >= 15 is 0 Å². The number of hydrogen-bond acceptors (Lipinski definition) is 5. The van der Waals surface area contributed by atoms with Gasteiger partial charge in [-0.2, -0.15) is 0 Å². The van der Waals surface area contributed by atoms with Crippen molar-refractivity contribution in [3.05, 3.63) is 47.5 Å². The van der Waals surface area contributed by atoms with Crippen LogP contribution in [-0.2, 0) is 4.79 Å². The standard InChI is InChI=1S/C20H25NO5/c1-14-6-5-7-16(10-14)25-9-8-21-19(22)13-26-20-17(23-3)11-15(2)12-18(20)24-4/h5-7,10-12H,8-9,13H2,1-4H3,(H,21,22). The number of rotatable bonds is 9. The first kappa shape index (κ1) is 19.4. The Morgan fingerprint density at radius 2 is 1.65 bits per heavy atom. The van der Waals surface area contributed by atoms with E-state index in [1.807, 2.05) is 50.2 Å². The number of hydrogen-bond donors (Lipinski definition) is 1. The van der Waals surface area contributed by atoms with Gasteiger partial charge in [0, 0.05) is 0 Å². The molecule has 0 heterocycles. The predicted octanol–water partition coefficient (Wildman–Crippen LogP) is 2.89. The fourth-order valence-electron chi connectivity index (χ4n) is 2.41. The molecule has 0 radical (unpaired) electrons. The first-order valence-electron chi connectivity index (χ1n) is 8.35. The molecule has 0 aliphatic rings. The predicted molar refractivity (Wildman–Crippen MR) is 99.5 cm³/mol. The Morgan fingerprint density at radius 3 is 2.27 bits per heavy atom. The first-order chi connectivity index (χ1) is 12.5. The lowest BCUT2D eigenvalue weighted by Crippen LogP contribution is -2.32. The molecular formula is C20H25NO5. The third kappa shape index (κ3) is 5.58. The zero-order valence-corrected chi connectivity index (χ0v) is 15.6. The van der Waals surface area contributed by atoms with E-state index in [0.29, 0.717) is 30.4 Å². The Labute approximate surface area is 154 Å². The van der Waals surface area contributed by atoms with Gasteiger partial charge in [-0.05, 0) is 49.2 Å². The number of carbonyl (C=O) groups excluding carboxylic acids is 1. The fraction of sp³-hybridized carbons (Fsp3) is 0.350. The lowest BCUT2D eigenvalue weighted by atomic mass is 10.2. The molecule has 26 heavy (non-hydrogen) atoms. The van der Waals surface area contributed by atoms with E-state index in [1.165, 1.54) is 0 Å². The molecule has 0 aromatic heterocycles. The van der Waals surface area contributed by atoms with E-state index in [9.17, 15) is 4.79 Å². The number of aryl methyl sites for hydroxylation is 2. The van der Waals surface area contributed by atoms with Gasteiger partial charge in [-0.15, -0.1) is 0 Å². The van der Waals surface area contributed by atoms with Crippen LogP contribution in [0.2, 0.25) is 0 Å². The summed E-state index contributed by atoms with van der Waals surface area (Å²) >= 11 is 0. The van der Waals surface area contributed by atoms with Gasteiger partial charge in [0.1, 0.15) is 12.4 Å². The highest BCUT2D eigenvalue weighted by Gasteiger charge is 2.14. The summed E-state index contributed by atoms with van der Waals surface area (Å²) in [5.41, 5.74) is 2.10. The lowest BCUT2D eigenvalue weighted by Gasteiger charge is -2.15. The zero-order valence-electron chi connectivity index (χ0n) is 15.6. The van der Waals surface area contributed by atoms with E-state index in [0.717, 1.165) is 16.9 Å². The van der Waals surface area contributed by atoms with Crippen LogP contribution >= 0.6 is 0 Å². The van der Waals surface area contributed by atoms with Crippen molar-refractivity contribution in [3.63, 3.8) is 0 Å². The molecule has 2 aromatic carbocycles. The van der Waals surface area contributed by atoms with Crippen molar-refractivity contribution >= 4 is 5.91 Å². The van der Waals surface area contributed by atoms with Crippen LogP contribution in [-0.4, -0.2) is 39.9 Å². The fourth-order valence-corrected chi connectivity index (χ4v) is 2.41. The van der Waals surface area contributed by atoms with Gasteiger partial charge in [-0.25, -0.2) is 0 Å². The van der Waals surface area contributed by atoms with E-state index in [4.69, 9.17) is 18.9 Å². The summed E-state index contributed by atoms with van der Waals surface area (Å²) in [6.07, 6.45) is 0. The Morgan fingerprint density at radius 1 is 0.962 bits per heavy atom. The summed E-state index contributed by atoms with van der Waals surface area (Å²) in [6.45, 7) is 4.56. The van der Waals surface area contributed by atoms with Crippen molar-refractivity contribution in [1.82, 2.24) is 5.32 Å². The van der Waals surface area contributed by atoms with Crippen LogP contribution in [0.4, 0.5) is 0 Å². The minimum absolute atomic E-state index is 0.139. The molecule has 6 heteroatoms. The van der Waals surface area contributed by atoms with Crippen molar-refractivity contribution in [3.8, 4) is 23.0 Å². The highest BCUT2D eigenvalue weighted by molar-refractivity contribution is 5.77. The molecule has 1 amide bonds. The minimum Gasteiger partial charge on any atom is -0.493 e. The highest BCUT2D eigenvalue weighted by atomic mass is 16.5. The third-order valence-electron chi connectivity index (χ3n) is 3.64. The molecule has 1 N–H and O–H groups in total. The molecular weight excluding hydrogens is 334 g/mol. The SMILES string of the molecule is COc1cc(C)cc(OC)c1OCC(=O)NCCOc1cccc(C)c1. The van der Waals surface area contributed by atoms with Crippen LogP contribution in [0, 0.1) is 13.8 Å². The summed E-state index contributed by atoms with van der Waals surface area (Å²) < 4.78 is 21.8. The Kier molecular flexibility index (Phi) is 7.14. The third-order valence-corrected chi connectivity index (χ3v) is 3.64. The average Bonchev–Trinajstić information content (AvgIpc) is 2.63. The zero-order chi connectivity index (χ0) is 18.9. The monoisotopic (exact) mass is 359 g/mol. The number of carbonyl (C=O) groups is 1. The Bertz CT molecular complexity index is 720. The second-order valence-corrected chi connectivity index (χ2v) is 5.80. The van der Waals surface area contributed by atoms with Crippen molar-refractivity contribution in [2.45, 2.75) is 13.8 Å². The van der Waals surface area contributed by atoms with Crippen LogP contribution in [0.15, 0.2) is 36.4 Å². The number of ether oxygens (including phenoxy) is 4. The molecule has 0 bridgehead atoms. The molecule has 6 nitrogen and oxygen atoms in total. The maximum atomic E-state index is 12.0. The van der Waals surface area contributed by atoms with Gasteiger partial charge in [-0.1, -0.05) is 12.1 Å². The number of amides is 1. The van der Waals surface area contributed by atoms with Gasteiger partial charge >= 0.3 is 0 Å². The molecule has 0 aliphatic carbocycles. The summed E-state index contributed by atoms with van der Waals surface area (Å²) in [5.74, 6) is 1.99. The highest BCUT2D eigenvalue weighted by Crippen LogP contribution is 2.38. The van der Waals surface area contributed by atoms with Crippen molar-refractivity contribution in [1.29, 1.82) is 0 Å². The van der Waals surface area contributed by atoms with Gasteiger partial charge in [0.05, 0.1) is 20.8 Å². The molecule has 2 rings (SSSR count). The maximum Gasteiger partial charge on any atom is 0.258 e. The minimum atomic E-state index is -0.248. The normalized spacial score (nSPS) is 10.2. The molecule has 0 spiro atoms. The van der Waals surface area contributed by atoms with E-state index in [1.54, 1.807) is 14.2 Å². The van der Waals surface area contributed by atoms with E-state index in [2.05, 4.69) is 5.32 Å². The quantitative estimate of drug-likeness (QED) is 0.698. The second-order valence-electron chi connectivity index (χ2n) is 5.80. The second kappa shape index (κ2) is 9.56. The summed E-state index contributed by atoms with van der Waals surface area (Å²) in [7, 11) is 3.09. The molecule has 0 aliphatic heterocycles. The van der Waals surface area contributed by atoms with E-state index in [-0.39, 0.29) is 12.5 Å². The van der Waals surface area contributed by atoms with Crippen LogP contribution < -0.4 is 24.3 Å². The first-order valence-corrected chi connectivity index (χ1v) is 8.35. The smallest absolute Gasteiger partial charge is 0.258 e. The number of nitrogens with one attached hydrogen (secondary N) is 1. The van der Waals surface area contributed by atoms with Crippen LogP contribution in [0.3, 0.4) is 0 Å². The number of methoxy groups -OCH3 is 2. The van der Waals surface area contributed by atoms with Gasteiger partial charge in [0.25, 0.3) is 5.91 Å². The average molecular weight is 359 g/mol. The lowest BCUT2D eigenvalue weighted by molar-refractivity contribution is -0.123. The molecule has 0 fully saturated rings. The summed E-state index contributed by atoms with van der Waals surface area (Å²) in [4.78, 5) is 12.0. The van der Waals surface area contributed by atoms with Crippen molar-refractivity contribution in [2.75, 3.05) is 34.0 Å². The van der Waals surface area contributed by atoms with Gasteiger partial charge < -0.3 is 24.3 Å². The Hall–Kier alpha value is -2.89. The van der Waals surface area contributed by atoms with Gasteiger partial charge in [-0.3, -0.25) is 4.79 Å². The van der Waals surface area contributed by atoms with Gasteiger partial charge in [0.15, 0.2) is 18.1 Å². The summed E-state index contributed by atoms with van der Waals surface area (Å²) in [5, 5.41) is 2.75. The molecule has 140 valence electrons. The molecule has 2 aromatic rings. The molecule has 0 unspecified atom stereocenters. The van der Waals surface area contributed by atoms with E-state index < -0.39 is 0 Å². The van der Waals surface area contributed by atoms with Gasteiger partial charge in [0.2, 0.25) is 5.75 Å². The van der Waals surface area contributed by atoms with Crippen molar-refractivity contribution < 1.29 is 23.7 Å². The topological polar surface area (TPSA) is 66.0 Å². The number of benzene rings is 2. The molecule has 0 atom stereocenters.